The molecule has 1 aromatic carbocycles. The van der Waals surface area contributed by atoms with Crippen molar-refractivity contribution in [1.29, 1.82) is 0 Å². The first-order valence-corrected chi connectivity index (χ1v) is 6.77. The van der Waals surface area contributed by atoms with Crippen molar-refractivity contribution < 1.29 is 4.74 Å². The zero-order valence-corrected chi connectivity index (χ0v) is 11.8. The number of nitrogens with one attached hydrogen (secondary N) is 1. The fourth-order valence-corrected chi connectivity index (χ4v) is 2.63. The van der Waals surface area contributed by atoms with Crippen LogP contribution in [-0.2, 0) is 13.0 Å². The highest BCUT2D eigenvalue weighted by Gasteiger charge is 2.17. The van der Waals surface area contributed by atoms with Gasteiger partial charge in [0.25, 0.3) is 0 Å². The molecule has 0 fully saturated rings. The van der Waals surface area contributed by atoms with Gasteiger partial charge in [-0.1, -0.05) is 15.9 Å². The van der Waals surface area contributed by atoms with Crippen molar-refractivity contribution in [3.05, 3.63) is 40.1 Å². The number of hydrogen-bond donors (Lipinski definition) is 2. The Hall–Kier alpha value is -1.82. The molecule has 3 N–H and O–H groups in total. The highest BCUT2D eigenvalue weighted by molar-refractivity contribution is 9.10. The van der Waals surface area contributed by atoms with Crippen LogP contribution in [0.3, 0.4) is 0 Å². The molecule has 98 valence electrons. The molecule has 0 spiro atoms. The van der Waals surface area contributed by atoms with Crippen LogP contribution >= 0.6 is 15.9 Å². The molecule has 1 aromatic heterocycles. The van der Waals surface area contributed by atoms with Crippen molar-refractivity contribution in [3.8, 4) is 5.75 Å². The van der Waals surface area contributed by atoms with Crippen molar-refractivity contribution >= 4 is 27.6 Å². The van der Waals surface area contributed by atoms with Gasteiger partial charge in [0, 0.05) is 23.0 Å². The van der Waals surface area contributed by atoms with Crippen molar-refractivity contribution in [2.45, 2.75) is 13.0 Å². The third kappa shape index (κ3) is 2.63. The zero-order chi connectivity index (χ0) is 13.2. The van der Waals surface area contributed by atoms with E-state index in [2.05, 4.69) is 43.3 Å². The molecule has 5 nitrogen and oxygen atoms in total. The monoisotopic (exact) mass is 320 g/mol. The molecule has 2 aromatic rings. The Morgan fingerprint density at radius 3 is 2.89 bits per heavy atom. The van der Waals surface area contributed by atoms with Gasteiger partial charge >= 0.3 is 0 Å². The summed E-state index contributed by atoms with van der Waals surface area (Å²) in [6, 6.07) is 4.15. The molecule has 0 saturated heterocycles. The summed E-state index contributed by atoms with van der Waals surface area (Å²) in [4.78, 5) is 8.22. The average Bonchev–Trinajstić information content (AvgIpc) is 2.85. The van der Waals surface area contributed by atoms with Crippen molar-refractivity contribution in [2.75, 3.05) is 17.7 Å². The van der Waals surface area contributed by atoms with E-state index in [-0.39, 0.29) is 0 Å². The van der Waals surface area contributed by atoms with E-state index >= 15 is 0 Å². The summed E-state index contributed by atoms with van der Waals surface area (Å²) in [6.07, 6.45) is 4.12. The normalized spacial score (nSPS) is 12.9. The molecule has 0 bridgehead atoms. The summed E-state index contributed by atoms with van der Waals surface area (Å²) in [6.45, 7) is 1.36. The topological polar surface area (TPSA) is 73.1 Å². The minimum absolute atomic E-state index is 0.553. The maximum atomic E-state index is 5.67. The predicted octanol–water partition coefficient (Wildman–Crippen LogP) is 2.37. The van der Waals surface area contributed by atoms with Gasteiger partial charge in [-0.2, -0.15) is 0 Å². The zero-order valence-electron chi connectivity index (χ0n) is 10.2. The lowest BCUT2D eigenvalue weighted by molar-refractivity contribution is 0.354. The quantitative estimate of drug-likeness (QED) is 0.908. The lowest BCUT2D eigenvalue weighted by Gasteiger charge is -2.10. The van der Waals surface area contributed by atoms with E-state index in [4.69, 9.17) is 10.5 Å². The smallest absolute Gasteiger partial charge is 0.222 e. The second-order valence-corrected chi connectivity index (χ2v) is 5.26. The predicted molar refractivity (Wildman–Crippen MR) is 77.1 cm³/mol. The molecular weight excluding hydrogens is 308 g/mol. The third-order valence-corrected chi connectivity index (χ3v) is 3.39. The van der Waals surface area contributed by atoms with E-state index in [1.807, 2.05) is 0 Å². The fraction of sp³-hybridized carbons (Fsp3) is 0.231. The van der Waals surface area contributed by atoms with E-state index in [0.717, 1.165) is 28.8 Å². The summed E-state index contributed by atoms with van der Waals surface area (Å²) in [5, 5.41) is 3.17. The van der Waals surface area contributed by atoms with Crippen LogP contribution in [0, 0.1) is 0 Å². The van der Waals surface area contributed by atoms with E-state index in [1.165, 1.54) is 5.56 Å². The molecule has 0 radical (unpaired) electrons. The Bertz CT molecular complexity index is 600. The molecule has 0 aliphatic carbocycles. The van der Waals surface area contributed by atoms with Crippen LogP contribution in [0.25, 0.3) is 0 Å². The molecule has 19 heavy (non-hydrogen) atoms. The van der Waals surface area contributed by atoms with E-state index in [1.54, 1.807) is 12.4 Å². The summed E-state index contributed by atoms with van der Waals surface area (Å²) < 4.78 is 6.73. The number of fused-ring (bicyclic) bond motifs is 1. The van der Waals surface area contributed by atoms with Gasteiger partial charge in [-0.05, 0) is 17.7 Å². The van der Waals surface area contributed by atoms with Crippen LogP contribution in [-0.4, -0.2) is 16.6 Å². The van der Waals surface area contributed by atoms with E-state index in [9.17, 15) is 0 Å². The van der Waals surface area contributed by atoms with Gasteiger partial charge in [-0.3, -0.25) is 0 Å². The number of ether oxygens (including phenoxy) is 1. The molecule has 1 aliphatic heterocycles. The first-order valence-electron chi connectivity index (χ1n) is 5.98. The molecule has 0 atom stereocenters. The second-order valence-electron chi connectivity index (χ2n) is 4.35. The second kappa shape index (κ2) is 5.05. The lowest BCUT2D eigenvalue weighted by atomic mass is 10.1. The summed E-state index contributed by atoms with van der Waals surface area (Å²) in [5.74, 6) is 1.53. The van der Waals surface area contributed by atoms with Gasteiger partial charge in [0.2, 0.25) is 5.95 Å². The Morgan fingerprint density at radius 2 is 2.11 bits per heavy atom. The maximum absolute atomic E-state index is 5.67. The average molecular weight is 321 g/mol. The number of nitrogens with two attached hydrogens (primary N) is 1. The number of nitrogen functional groups attached to an aromatic ring is 1. The number of hydrogen-bond acceptors (Lipinski definition) is 5. The molecule has 6 heteroatoms. The SMILES string of the molecule is Nc1cnc(NCc2cc(Br)cc3c2OCC3)nc1. The molecule has 0 unspecified atom stereocenters. The van der Waals surface area contributed by atoms with Crippen LogP contribution in [0.2, 0.25) is 0 Å². The Kier molecular flexibility index (Phi) is 3.25. The van der Waals surface area contributed by atoms with Crippen molar-refractivity contribution in [3.63, 3.8) is 0 Å². The Balaban J connectivity index is 1.78. The van der Waals surface area contributed by atoms with Gasteiger partial charge in [0.05, 0.1) is 24.7 Å². The van der Waals surface area contributed by atoms with Crippen molar-refractivity contribution in [2.24, 2.45) is 0 Å². The van der Waals surface area contributed by atoms with Crippen molar-refractivity contribution in [1.82, 2.24) is 9.97 Å². The minimum Gasteiger partial charge on any atom is -0.493 e. The number of aromatic nitrogens is 2. The van der Waals surface area contributed by atoms with Gasteiger partial charge in [0.15, 0.2) is 0 Å². The molecular formula is C13H13BrN4O. The minimum atomic E-state index is 0.553. The lowest BCUT2D eigenvalue weighted by Crippen LogP contribution is -2.05. The first kappa shape index (κ1) is 12.2. The number of benzene rings is 1. The van der Waals surface area contributed by atoms with Crippen LogP contribution in [0.4, 0.5) is 11.6 Å². The van der Waals surface area contributed by atoms with Crippen LogP contribution in [0.15, 0.2) is 29.0 Å². The Labute approximate surface area is 119 Å². The maximum Gasteiger partial charge on any atom is 0.222 e. The van der Waals surface area contributed by atoms with Crippen LogP contribution in [0.5, 0.6) is 5.75 Å². The summed E-state index contributed by atoms with van der Waals surface area (Å²) in [7, 11) is 0. The molecule has 2 heterocycles. The number of halogens is 1. The molecule has 0 amide bonds. The van der Waals surface area contributed by atoms with Crippen LogP contribution < -0.4 is 15.8 Å². The molecule has 1 aliphatic rings. The summed E-state index contributed by atoms with van der Waals surface area (Å²) >= 11 is 3.52. The van der Waals surface area contributed by atoms with Gasteiger partial charge in [0.1, 0.15) is 5.75 Å². The number of rotatable bonds is 3. The molecule has 3 rings (SSSR count). The van der Waals surface area contributed by atoms with Gasteiger partial charge < -0.3 is 15.8 Å². The van der Waals surface area contributed by atoms with Crippen LogP contribution in [0.1, 0.15) is 11.1 Å². The standard InChI is InChI=1S/C13H13BrN4O/c14-10-3-8-1-2-19-12(8)9(4-10)5-16-13-17-6-11(15)7-18-13/h3-4,6-7H,1-2,5,15H2,(H,16,17,18). The largest absolute Gasteiger partial charge is 0.493 e. The first-order chi connectivity index (χ1) is 9.22. The van der Waals surface area contributed by atoms with Gasteiger partial charge in [-0.25, -0.2) is 9.97 Å². The van der Waals surface area contributed by atoms with E-state index < -0.39 is 0 Å². The highest BCUT2D eigenvalue weighted by Crippen LogP contribution is 2.33. The van der Waals surface area contributed by atoms with E-state index in [0.29, 0.717) is 18.2 Å². The third-order valence-electron chi connectivity index (χ3n) is 2.93. The Morgan fingerprint density at radius 1 is 1.32 bits per heavy atom. The number of nitrogens with zero attached hydrogens (tertiary/aromatic N) is 2. The fourth-order valence-electron chi connectivity index (χ4n) is 2.08. The molecule has 0 saturated carbocycles. The highest BCUT2D eigenvalue weighted by atomic mass is 79.9. The summed E-state index contributed by atoms with van der Waals surface area (Å²) in [5.41, 5.74) is 8.44. The van der Waals surface area contributed by atoms with Gasteiger partial charge in [-0.15, -0.1) is 0 Å². The number of anilines is 2.